The second-order valence-corrected chi connectivity index (χ2v) is 7.71. The van der Waals surface area contributed by atoms with Crippen molar-refractivity contribution in [3.63, 3.8) is 0 Å². The predicted octanol–water partition coefficient (Wildman–Crippen LogP) is 4.03. The number of ether oxygens (including phenoxy) is 1. The molecule has 0 spiro atoms. The fourth-order valence-electron chi connectivity index (χ4n) is 2.31. The van der Waals surface area contributed by atoms with E-state index in [4.69, 9.17) is 18.0 Å². The Morgan fingerprint density at radius 1 is 0.818 bits per heavy atom. The van der Waals surface area contributed by atoms with Crippen LogP contribution in [0.3, 0.4) is 0 Å². The Hall–Kier alpha value is -0.723. The molecule has 0 fully saturated rings. The van der Waals surface area contributed by atoms with Crippen LogP contribution in [0, 0.1) is 0 Å². The first-order chi connectivity index (χ1) is 10.8. The van der Waals surface area contributed by atoms with E-state index in [-0.39, 0.29) is 0 Å². The van der Waals surface area contributed by atoms with Crippen molar-refractivity contribution in [2.45, 2.75) is 46.3 Å². The van der Waals surface area contributed by atoms with E-state index in [9.17, 15) is 0 Å². The summed E-state index contributed by atoms with van der Waals surface area (Å²) in [6.07, 6.45) is 2.00. The average Bonchev–Trinajstić information content (AvgIpc) is 2.52. The highest BCUT2D eigenvalue weighted by Crippen LogP contribution is 2.19. The van der Waals surface area contributed by atoms with E-state index in [0.717, 1.165) is 25.5 Å². The minimum atomic E-state index is -2.48. The van der Waals surface area contributed by atoms with Crippen molar-refractivity contribution in [2.75, 3.05) is 26.4 Å². The van der Waals surface area contributed by atoms with Crippen molar-refractivity contribution in [2.24, 2.45) is 0 Å². The molecule has 22 heavy (non-hydrogen) atoms. The second kappa shape index (κ2) is 11.8. The van der Waals surface area contributed by atoms with Crippen LogP contribution in [0.4, 0.5) is 0 Å². The number of unbranched alkanes of at least 4 members (excludes halogenated alkanes) is 1. The summed E-state index contributed by atoms with van der Waals surface area (Å²) in [7, 11) is -2.48. The molecule has 1 rings (SSSR count). The highest BCUT2D eigenvalue weighted by atomic mass is 28.4. The van der Waals surface area contributed by atoms with Gasteiger partial charge in [-0.25, -0.2) is 0 Å². The van der Waals surface area contributed by atoms with Crippen LogP contribution in [0.25, 0.3) is 0 Å². The molecule has 0 saturated heterocycles. The third-order valence-electron chi connectivity index (χ3n) is 3.23. The SMILES string of the molecule is CCO[Si](CCCCOCc1ccccc1)(OCC)OCC. The third kappa shape index (κ3) is 7.51. The van der Waals surface area contributed by atoms with Crippen molar-refractivity contribution >= 4 is 8.80 Å². The molecule has 5 heteroatoms. The molecule has 0 aliphatic rings. The van der Waals surface area contributed by atoms with Crippen LogP contribution in [0.5, 0.6) is 0 Å². The Morgan fingerprint density at radius 3 is 1.95 bits per heavy atom. The molecule has 0 bridgehead atoms. The smallest absolute Gasteiger partial charge is 0.377 e. The molecule has 0 amide bonds. The lowest BCUT2D eigenvalue weighted by Gasteiger charge is -2.28. The minimum absolute atomic E-state index is 0.636. The molecule has 4 nitrogen and oxygen atoms in total. The maximum Gasteiger partial charge on any atom is 0.500 e. The van der Waals surface area contributed by atoms with Gasteiger partial charge in [0.2, 0.25) is 0 Å². The van der Waals surface area contributed by atoms with Crippen molar-refractivity contribution in [1.82, 2.24) is 0 Å². The van der Waals surface area contributed by atoms with E-state index < -0.39 is 8.80 Å². The van der Waals surface area contributed by atoms with E-state index in [1.54, 1.807) is 0 Å². The molecule has 1 aromatic rings. The van der Waals surface area contributed by atoms with Crippen LogP contribution >= 0.6 is 0 Å². The Morgan fingerprint density at radius 2 is 1.41 bits per heavy atom. The van der Waals surface area contributed by atoms with Crippen LogP contribution in [0.15, 0.2) is 30.3 Å². The first-order valence-corrected chi connectivity index (χ1v) is 10.2. The van der Waals surface area contributed by atoms with Gasteiger partial charge in [0, 0.05) is 32.5 Å². The largest absolute Gasteiger partial charge is 0.500 e. The number of hydrogen-bond acceptors (Lipinski definition) is 4. The molecule has 1 aromatic carbocycles. The van der Waals surface area contributed by atoms with Gasteiger partial charge in [-0.3, -0.25) is 0 Å². The highest BCUT2D eigenvalue weighted by molar-refractivity contribution is 6.60. The minimum Gasteiger partial charge on any atom is -0.377 e. The van der Waals surface area contributed by atoms with E-state index in [2.05, 4.69) is 12.1 Å². The van der Waals surface area contributed by atoms with Gasteiger partial charge in [-0.1, -0.05) is 30.3 Å². The monoisotopic (exact) mass is 326 g/mol. The van der Waals surface area contributed by atoms with Crippen molar-refractivity contribution in [1.29, 1.82) is 0 Å². The van der Waals surface area contributed by atoms with Gasteiger partial charge in [0.15, 0.2) is 0 Å². The molecular formula is C17H30O4Si. The first kappa shape index (κ1) is 19.3. The number of rotatable bonds is 13. The molecule has 126 valence electrons. The van der Waals surface area contributed by atoms with Gasteiger partial charge in [-0.15, -0.1) is 0 Å². The lowest BCUT2D eigenvalue weighted by Crippen LogP contribution is -2.45. The van der Waals surface area contributed by atoms with E-state index in [1.807, 2.05) is 39.0 Å². The van der Waals surface area contributed by atoms with Gasteiger partial charge in [0.25, 0.3) is 0 Å². The van der Waals surface area contributed by atoms with Crippen LogP contribution in [0.2, 0.25) is 6.04 Å². The summed E-state index contributed by atoms with van der Waals surface area (Å²) < 4.78 is 23.2. The molecule has 0 unspecified atom stereocenters. The second-order valence-electron chi connectivity index (χ2n) is 4.98. The zero-order valence-corrected chi connectivity index (χ0v) is 15.2. The van der Waals surface area contributed by atoms with Gasteiger partial charge in [-0.05, 0) is 39.2 Å². The Kier molecular flexibility index (Phi) is 10.4. The lowest BCUT2D eigenvalue weighted by atomic mass is 10.2. The van der Waals surface area contributed by atoms with Gasteiger partial charge in [0.1, 0.15) is 0 Å². The normalized spacial score (nSPS) is 11.8. The maximum atomic E-state index is 5.84. The Bertz CT molecular complexity index is 355. The van der Waals surface area contributed by atoms with Crippen LogP contribution < -0.4 is 0 Å². The van der Waals surface area contributed by atoms with E-state index >= 15 is 0 Å². The molecule has 0 aliphatic heterocycles. The van der Waals surface area contributed by atoms with Crippen LogP contribution in [0.1, 0.15) is 39.2 Å². The molecule has 0 atom stereocenters. The van der Waals surface area contributed by atoms with Crippen LogP contribution in [-0.2, 0) is 24.6 Å². The van der Waals surface area contributed by atoms with Crippen molar-refractivity contribution < 1.29 is 18.0 Å². The van der Waals surface area contributed by atoms with Gasteiger partial charge < -0.3 is 18.0 Å². The highest BCUT2D eigenvalue weighted by Gasteiger charge is 2.39. The summed E-state index contributed by atoms with van der Waals surface area (Å²) in [4.78, 5) is 0. The fraction of sp³-hybridized carbons (Fsp3) is 0.647. The molecule has 0 aliphatic carbocycles. The van der Waals surface area contributed by atoms with E-state index in [1.165, 1.54) is 5.56 Å². The molecular weight excluding hydrogens is 296 g/mol. The molecule has 0 radical (unpaired) electrons. The summed E-state index contributed by atoms with van der Waals surface area (Å²) >= 11 is 0. The standard InChI is InChI=1S/C17H30O4Si/c1-4-19-22(20-5-2,21-6-3)15-11-10-14-18-16-17-12-8-7-9-13-17/h7-9,12-13H,4-6,10-11,14-16H2,1-3H3. The zero-order valence-electron chi connectivity index (χ0n) is 14.2. The summed E-state index contributed by atoms with van der Waals surface area (Å²) in [5, 5.41) is 0. The summed E-state index contributed by atoms with van der Waals surface area (Å²) in [5.41, 5.74) is 1.21. The first-order valence-electron chi connectivity index (χ1n) is 8.29. The van der Waals surface area contributed by atoms with Crippen molar-refractivity contribution in [3.05, 3.63) is 35.9 Å². The average molecular weight is 327 g/mol. The zero-order chi connectivity index (χ0) is 16.1. The predicted molar refractivity (Wildman–Crippen MR) is 90.8 cm³/mol. The van der Waals surface area contributed by atoms with Gasteiger partial charge in [0.05, 0.1) is 6.61 Å². The fourth-order valence-corrected chi connectivity index (χ4v) is 5.00. The number of benzene rings is 1. The maximum absolute atomic E-state index is 5.84. The molecule has 0 N–H and O–H groups in total. The Balaban J connectivity index is 2.24. The summed E-state index contributed by atoms with van der Waals surface area (Å²) in [5.74, 6) is 0. The molecule has 0 aromatic heterocycles. The molecule has 0 saturated carbocycles. The van der Waals surface area contributed by atoms with Gasteiger partial charge in [-0.2, -0.15) is 0 Å². The van der Waals surface area contributed by atoms with Crippen molar-refractivity contribution in [3.8, 4) is 0 Å². The quantitative estimate of drug-likeness (QED) is 0.405. The van der Waals surface area contributed by atoms with Crippen LogP contribution in [-0.4, -0.2) is 35.2 Å². The topological polar surface area (TPSA) is 36.9 Å². The Labute approximate surface area is 136 Å². The summed E-state index contributed by atoms with van der Waals surface area (Å²) in [6, 6.07) is 11.1. The summed E-state index contributed by atoms with van der Waals surface area (Å²) in [6.45, 7) is 9.30. The lowest BCUT2D eigenvalue weighted by molar-refractivity contribution is 0.0689. The van der Waals surface area contributed by atoms with E-state index in [0.29, 0.717) is 26.4 Å². The van der Waals surface area contributed by atoms with Gasteiger partial charge >= 0.3 is 8.80 Å². The number of hydrogen-bond donors (Lipinski definition) is 0. The molecule has 0 heterocycles. The third-order valence-corrected chi connectivity index (χ3v) is 6.38.